The zero-order valence-electron chi connectivity index (χ0n) is 10.4. The monoisotopic (exact) mass is 263 g/mol. The largest absolute Gasteiger partial charge is 0.237 e. The Balaban J connectivity index is 1.74. The molecule has 0 aliphatic rings. The summed E-state index contributed by atoms with van der Waals surface area (Å²) in [5.41, 5.74) is 2.27. The lowest BCUT2D eigenvalue weighted by atomic mass is 10.2. The van der Waals surface area contributed by atoms with Crippen molar-refractivity contribution in [2.75, 3.05) is 0 Å². The number of thiazole rings is 1. The third kappa shape index (κ3) is 2.98. The van der Waals surface area contributed by atoms with Gasteiger partial charge in [0, 0.05) is 0 Å². The van der Waals surface area contributed by atoms with Crippen LogP contribution in [-0.2, 0) is 0 Å². The lowest BCUT2D eigenvalue weighted by Crippen LogP contribution is -1.68. The van der Waals surface area contributed by atoms with Gasteiger partial charge < -0.3 is 0 Å². The van der Waals surface area contributed by atoms with Gasteiger partial charge in [-0.15, -0.1) is 11.3 Å². The number of aromatic nitrogens is 1. The third-order valence-corrected chi connectivity index (χ3v) is 3.75. The zero-order chi connectivity index (χ0) is 12.9. The summed E-state index contributed by atoms with van der Waals surface area (Å²) < 4.78 is 1.23. The average Bonchev–Trinajstić information content (AvgIpc) is 2.87. The van der Waals surface area contributed by atoms with Gasteiger partial charge in [-0.3, -0.25) is 0 Å². The molecule has 0 spiro atoms. The van der Waals surface area contributed by atoms with Gasteiger partial charge in [0.1, 0.15) is 5.01 Å². The Morgan fingerprint density at radius 1 is 0.789 bits per heavy atom. The van der Waals surface area contributed by atoms with Crippen LogP contribution in [0.4, 0.5) is 0 Å². The molecule has 1 aromatic heterocycles. The van der Waals surface area contributed by atoms with Crippen molar-refractivity contribution in [3.05, 3.63) is 77.3 Å². The molecule has 19 heavy (non-hydrogen) atoms. The SMILES string of the molecule is C(/C=C/c1nc2ccccc2s1)=C\c1ccccc1. The molecule has 0 bridgehead atoms. The van der Waals surface area contributed by atoms with E-state index in [-0.39, 0.29) is 0 Å². The first kappa shape index (κ1) is 11.9. The molecular weight excluding hydrogens is 250 g/mol. The molecular formula is C17H13NS. The predicted molar refractivity (Wildman–Crippen MR) is 84.1 cm³/mol. The van der Waals surface area contributed by atoms with Crippen LogP contribution in [0.25, 0.3) is 22.4 Å². The Morgan fingerprint density at radius 2 is 1.53 bits per heavy atom. The van der Waals surface area contributed by atoms with E-state index in [0.717, 1.165) is 10.5 Å². The second-order valence-corrected chi connectivity index (χ2v) is 5.21. The summed E-state index contributed by atoms with van der Waals surface area (Å²) in [6, 6.07) is 18.5. The van der Waals surface area contributed by atoms with Crippen LogP contribution in [0.15, 0.2) is 66.7 Å². The quantitative estimate of drug-likeness (QED) is 0.604. The van der Waals surface area contributed by atoms with Crippen molar-refractivity contribution in [3.8, 4) is 0 Å². The van der Waals surface area contributed by atoms with E-state index in [0.29, 0.717) is 0 Å². The van der Waals surface area contributed by atoms with Crippen LogP contribution in [0.1, 0.15) is 10.6 Å². The summed E-state index contributed by atoms with van der Waals surface area (Å²) in [6.45, 7) is 0. The van der Waals surface area contributed by atoms with Gasteiger partial charge in [-0.05, 0) is 23.8 Å². The van der Waals surface area contributed by atoms with Crippen LogP contribution in [-0.4, -0.2) is 4.98 Å². The highest BCUT2D eigenvalue weighted by Crippen LogP contribution is 2.22. The van der Waals surface area contributed by atoms with Crippen LogP contribution in [0.5, 0.6) is 0 Å². The molecule has 0 amide bonds. The van der Waals surface area contributed by atoms with Gasteiger partial charge in [0.15, 0.2) is 0 Å². The molecule has 0 unspecified atom stereocenters. The van der Waals surface area contributed by atoms with Crippen LogP contribution in [0, 0.1) is 0 Å². The lowest BCUT2D eigenvalue weighted by Gasteiger charge is -1.88. The van der Waals surface area contributed by atoms with Crippen molar-refractivity contribution in [1.82, 2.24) is 4.98 Å². The minimum Gasteiger partial charge on any atom is -0.237 e. The van der Waals surface area contributed by atoms with Crippen LogP contribution >= 0.6 is 11.3 Å². The topological polar surface area (TPSA) is 12.9 Å². The summed E-state index contributed by atoms with van der Waals surface area (Å²) in [7, 11) is 0. The van der Waals surface area contributed by atoms with Crippen molar-refractivity contribution in [2.24, 2.45) is 0 Å². The molecule has 0 radical (unpaired) electrons. The van der Waals surface area contributed by atoms with Crippen LogP contribution in [0.3, 0.4) is 0 Å². The van der Waals surface area contributed by atoms with Gasteiger partial charge in [0.2, 0.25) is 0 Å². The fourth-order valence-electron chi connectivity index (χ4n) is 1.83. The highest BCUT2D eigenvalue weighted by Gasteiger charge is 1.98. The van der Waals surface area contributed by atoms with Gasteiger partial charge >= 0.3 is 0 Å². The molecule has 0 aliphatic carbocycles. The second kappa shape index (κ2) is 5.63. The van der Waals surface area contributed by atoms with E-state index >= 15 is 0 Å². The average molecular weight is 263 g/mol. The van der Waals surface area contributed by atoms with E-state index in [2.05, 4.69) is 29.3 Å². The first-order chi connectivity index (χ1) is 9.42. The number of nitrogens with zero attached hydrogens (tertiary/aromatic N) is 1. The molecule has 0 aliphatic heterocycles. The second-order valence-electron chi connectivity index (χ2n) is 4.15. The molecule has 92 valence electrons. The van der Waals surface area contributed by atoms with E-state index < -0.39 is 0 Å². The van der Waals surface area contributed by atoms with Crippen molar-refractivity contribution in [3.63, 3.8) is 0 Å². The Morgan fingerprint density at radius 3 is 2.37 bits per heavy atom. The van der Waals surface area contributed by atoms with E-state index in [1.165, 1.54) is 10.3 Å². The highest BCUT2D eigenvalue weighted by atomic mass is 32.1. The van der Waals surface area contributed by atoms with E-state index in [9.17, 15) is 0 Å². The van der Waals surface area contributed by atoms with Gasteiger partial charge in [-0.25, -0.2) is 4.98 Å². The van der Waals surface area contributed by atoms with E-state index in [1.807, 2.05) is 54.6 Å². The van der Waals surface area contributed by atoms with Crippen molar-refractivity contribution < 1.29 is 0 Å². The standard InChI is InChI=1S/C17H13NS/c1-2-8-14(9-3-1)10-4-7-13-17-18-15-11-5-6-12-16(15)19-17/h1-13H/b10-4+,13-7+. The number of benzene rings is 2. The van der Waals surface area contributed by atoms with Gasteiger partial charge in [-0.1, -0.05) is 60.7 Å². The summed E-state index contributed by atoms with van der Waals surface area (Å²) >= 11 is 1.71. The minimum atomic E-state index is 1.04. The van der Waals surface area contributed by atoms with E-state index in [1.54, 1.807) is 11.3 Å². The van der Waals surface area contributed by atoms with Crippen molar-refractivity contribution in [1.29, 1.82) is 0 Å². The number of fused-ring (bicyclic) bond motifs is 1. The zero-order valence-corrected chi connectivity index (χ0v) is 11.2. The maximum absolute atomic E-state index is 4.56. The highest BCUT2D eigenvalue weighted by molar-refractivity contribution is 7.19. The summed E-state index contributed by atoms with van der Waals surface area (Å²) in [6.07, 6.45) is 8.21. The van der Waals surface area contributed by atoms with Gasteiger partial charge in [0.25, 0.3) is 0 Å². The predicted octanol–water partition coefficient (Wildman–Crippen LogP) is 5.02. The molecule has 0 atom stereocenters. The van der Waals surface area contributed by atoms with Crippen molar-refractivity contribution in [2.45, 2.75) is 0 Å². The van der Waals surface area contributed by atoms with Crippen LogP contribution in [0.2, 0.25) is 0 Å². The Kier molecular flexibility index (Phi) is 3.52. The number of hydrogen-bond donors (Lipinski definition) is 0. The normalized spacial score (nSPS) is 11.8. The summed E-state index contributed by atoms with van der Waals surface area (Å²) in [4.78, 5) is 4.56. The first-order valence-electron chi connectivity index (χ1n) is 6.17. The lowest BCUT2D eigenvalue weighted by molar-refractivity contribution is 1.46. The molecule has 0 N–H and O–H groups in total. The Bertz CT molecular complexity index is 690. The molecule has 0 saturated heterocycles. The van der Waals surface area contributed by atoms with Gasteiger partial charge in [-0.2, -0.15) is 0 Å². The minimum absolute atomic E-state index is 1.04. The number of para-hydroxylation sites is 1. The number of allylic oxidation sites excluding steroid dienone is 2. The number of rotatable bonds is 3. The summed E-state index contributed by atoms with van der Waals surface area (Å²) in [5, 5.41) is 1.04. The summed E-state index contributed by atoms with van der Waals surface area (Å²) in [5.74, 6) is 0. The molecule has 3 rings (SSSR count). The fourth-order valence-corrected chi connectivity index (χ4v) is 2.71. The van der Waals surface area contributed by atoms with E-state index in [4.69, 9.17) is 0 Å². The number of hydrogen-bond acceptors (Lipinski definition) is 2. The van der Waals surface area contributed by atoms with Crippen LogP contribution < -0.4 is 0 Å². The molecule has 2 heteroatoms. The van der Waals surface area contributed by atoms with Gasteiger partial charge in [0.05, 0.1) is 10.2 Å². The molecule has 1 heterocycles. The molecule has 3 aromatic rings. The molecule has 0 fully saturated rings. The molecule has 2 aromatic carbocycles. The molecule has 0 saturated carbocycles. The maximum atomic E-state index is 4.56. The third-order valence-electron chi connectivity index (χ3n) is 2.75. The van der Waals surface area contributed by atoms with Crippen molar-refractivity contribution >= 4 is 33.7 Å². The molecule has 1 nitrogen and oxygen atoms in total. The smallest absolute Gasteiger partial charge is 0.117 e. The Hall–Kier alpha value is -2.19. The first-order valence-corrected chi connectivity index (χ1v) is 6.99. The Labute approximate surface area is 116 Å². The fraction of sp³-hybridized carbons (Fsp3) is 0. The maximum Gasteiger partial charge on any atom is 0.117 e.